The van der Waals surface area contributed by atoms with Gasteiger partial charge in [0.25, 0.3) is 11.6 Å². The molecule has 1 aliphatic rings. The van der Waals surface area contributed by atoms with Crippen LogP contribution in [0.1, 0.15) is 18.1 Å². The third-order valence-electron chi connectivity index (χ3n) is 3.95. The quantitative estimate of drug-likeness (QED) is 0.370. The van der Waals surface area contributed by atoms with Gasteiger partial charge < -0.3 is 5.32 Å². The molecular weight excluding hydrogens is 374 g/mol. The predicted molar refractivity (Wildman–Crippen MR) is 105 cm³/mol. The van der Waals surface area contributed by atoms with E-state index >= 15 is 0 Å². The zero-order chi connectivity index (χ0) is 18.8. The summed E-state index contributed by atoms with van der Waals surface area (Å²) in [5, 5.41) is 14.3. The second-order valence-corrected chi connectivity index (χ2v) is 6.41. The van der Waals surface area contributed by atoms with E-state index in [9.17, 15) is 14.9 Å². The summed E-state index contributed by atoms with van der Waals surface area (Å²) >= 11 is 11.4. The van der Waals surface area contributed by atoms with Crippen LogP contribution in [0.15, 0.2) is 48.2 Å². The Bertz CT molecular complexity index is 958. The maximum absolute atomic E-state index is 12.8. The van der Waals surface area contributed by atoms with Gasteiger partial charge in [-0.05, 0) is 48.5 Å². The Morgan fingerprint density at radius 1 is 1.31 bits per heavy atom. The number of benzene rings is 2. The standard InChI is InChI=1S/C18H14ClN3O3S/c1-2-11-4-3-5-13(8-11)21-17(23)16(20-18(21)26)10-12-9-14(22(24)25)6-7-15(12)19/h3-10H,2H2,1H3,(H,20,26)/b16-10+. The minimum Gasteiger partial charge on any atom is -0.327 e. The molecule has 132 valence electrons. The molecule has 8 heteroatoms. The highest BCUT2D eigenvalue weighted by Crippen LogP contribution is 2.27. The Morgan fingerprint density at radius 3 is 2.77 bits per heavy atom. The van der Waals surface area contributed by atoms with E-state index in [-0.39, 0.29) is 22.4 Å². The molecule has 6 nitrogen and oxygen atoms in total. The molecule has 1 saturated heterocycles. The lowest BCUT2D eigenvalue weighted by Crippen LogP contribution is -2.30. The maximum atomic E-state index is 12.8. The number of halogens is 1. The average molecular weight is 388 g/mol. The van der Waals surface area contributed by atoms with E-state index in [1.807, 2.05) is 25.1 Å². The molecule has 0 unspecified atom stereocenters. The topological polar surface area (TPSA) is 75.5 Å². The van der Waals surface area contributed by atoms with Crippen molar-refractivity contribution in [2.45, 2.75) is 13.3 Å². The molecule has 3 rings (SSSR count). The summed E-state index contributed by atoms with van der Waals surface area (Å²) in [6, 6.07) is 11.6. The van der Waals surface area contributed by atoms with Crippen molar-refractivity contribution in [3.05, 3.63) is 74.4 Å². The number of carbonyl (C=O) groups is 1. The molecular formula is C18H14ClN3O3S. The lowest BCUT2D eigenvalue weighted by molar-refractivity contribution is -0.384. The minimum atomic E-state index is -0.518. The number of nitro benzene ring substituents is 1. The van der Waals surface area contributed by atoms with Crippen LogP contribution in [0.4, 0.5) is 11.4 Å². The number of nitrogens with one attached hydrogen (secondary N) is 1. The largest absolute Gasteiger partial charge is 0.327 e. The van der Waals surface area contributed by atoms with Crippen LogP contribution in [0.3, 0.4) is 0 Å². The number of amides is 1. The number of anilines is 1. The van der Waals surface area contributed by atoms with E-state index in [0.29, 0.717) is 16.3 Å². The summed E-state index contributed by atoms with van der Waals surface area (Å²) < 4.78 is 0. The molecule has 1 heterocycles. The van der Waals surface area contributed by atoms with Gasteiger partial charge in [-0.25, -0.2) is 0 Å². The number of rotatable bonds is 4. The highest BCUT2D eigenvalue weighted by atomic mass is 35.5. The molecule has 0 saturated carbocycles. The number of thiocarbonyl (C=S) groups is 1. The summed E-state index contributed by atoms with van der Waals surface area (Å²) in [7, 11) is 0. The first-order valence-corrected chi connectivity index (χ1v) is 8.59. The monoisotopic (exact) mass is 387 g/mol. The third kappa shape index (κ3) is 3.44. The first-order chi connectivity index (χ1) is 12.4. The summed E-state index contributed by atoms with van der Waals surface area (Å²) in [6.07, 6.45) is 2.30. The van der Waals surface area contributed by atoms with Crippen LogP contribution >= 0.6 is 23.8 Å². The maximum Gasteiger partial charge on any atom is 0.281 e. The Hall–Kier alpha value is -2.77. The molecule has 2 aromatic carbocycles. The van der Waals surface area contributed by atoms with Crippen molar-refractivity contribution in [1.29, 1.82) is 0 Å². The molecule has 0 spiro atoms. The van der Waals surface area contributed by atoms with E-state index in [0.717, 1.165) is 12.0 Å². The number of nitrogens with zero attached hydrogens (tertiary/aromatic N) is 2. The lowest BCUT2D eigenvalue weighted by atomic mass is 10.1. The summed E-state index contributed by atoms with van der Waals surface area (Å²) in [5.74, 6) is -0.342. The molecule has 1 aliphatic heterocycles. The van der Waals surface area contributed by atoms with Crippen molar-refractivity contribution in [2.24, 2.45) is 0 Å². The van der Waals surface area contributed by atoms with E-state index in [1.54, 1.807) is 6.07 Å². The number of aryl methyl sites for hydroxylation is 1. The van der Waals surface area contributed by atoms with Gasteiger partial charge in [-0.1, -0.05) is 30.7 Å². The predicted octanol–water partition coefficient (Wildman–Crippen LogP) is 4.07. The molecule has 0 aromatic heterocycles. The molecule has 1 N–H and O–H groups in total. The molecule has 2 aromatic rings. The van der Waals surface area contributed by atoms with Gasteiger partial charge in [0.05, 0.1) is 10.6 Å². The highest BCUT2D eigenvalue weighted by molar-refractivity contribution is 7.80. The van der Waals surface area contributed by atoms with Crippen molar-refractivity contribution in [2.75, 3.05) is 4.90 Å². The second-order valence-electron chi connectivity index (χ2n) is 5.62. The number of carbonyl (C=O) groups excluding carboxylic acids is 1. The molecule has 0 atom stereocenters. The number of non-ortho nitro benzene ring substituents is 1. The first-order valence-electron chi connectivity index (χ1n) is 7.80. The van der Waals surface area contributed by atoms with Crippen LogP contribution in [-0.4, -0.2) is 15.9 Å². The molecule has 1 fully saturated rings. The van der Waals surface area contributed by atoms with E-state index in [1.165, 1.54) is 29.2 Å². The Kier molecular flexibility index (Phi) is 5.01. The molecule has 0 bridgehead atoms. The van der Waals surface area contributed by atoms with Gasteiger partial charge in [-0.3, -0.25) is 19.8 Å². The minimum absolute atomic E-state index is 0.109. The van der Waals surface area contributed by atoms with Gasteiger partial charge in [-0.15, -0.1) is 0 Å². The normalized spacial score (nSPS) is 15.5. The van der Waals surface area contributed by atoms with Gasteiger partial charge in [-0.2, -0.15) is 0 Å². The van der Waals surface area contributed by atoms with E-state index < -0.39 is 4.92 Å². The van der Waals surface area contributed by atoms with Crippen molar-refractivity contribution >= 4 is 52.3 Å². The fourth-order valence-corrected chi connectivity index (χ4v) is 3.07. The van der Waals surface area contributed by atoms with Crippen molar-refractivity contribution < 1.29 is 9.72 Å². The Labute approximate surface area is 160 Å². The van der Waals surface area contributed by atoms with Crippen LogP contribution in [-0.2, 0) is 11.2 Å². The molecule has 26 heavy (non-hydrogen) atoms. The highest BCUT2D eigenvalue weighted by Gasteiger charge is 2.32. The van der Waals surface area contributed by atoms with Crippen molar-refractivity contribution in [3.63, 3.8) is 0 Å². The first kappa shape index (κ1) is 18.0. The second kappa shape index (κ2) is 7.23. The Morgan fingerprint density at radius 2 is 2.08 bits per heavy atom. The van der Waals surface area contributed by atoms with Gasteiger partial charge in [0.1, 0.15) is 5.70 Å². The zero-order valence-corrected chi connectivity index (χ0v) is 15.3. The van der Waals surface area contributed by atoms with Gasteiger partial charge in [0.15, 0.2) is 5.11 Å². The number of nitro groups is 1. The van der Waals surface area contributed by atoms with E-state index in [4.69, 9.17) is 23.8 Å². The average Bonchev–Trinajstić information content (AvgIpc) is 2.90. The summed E-state index contributed by atoms with van der Waals surface area (Å²) in [6.45, 7) is 2.02. The SMILES string of the molecule is CCc1cccc(N2C(=O)/C(=C\c3cc([N+](=O)[O-])ccc3Cl)NC2=S)c1. The molecule has 1 amide bonds. The van der Waals surface area contributed by atoms with Gasteiger partial charge >= 0.3 is 0 Å². The van der Waals surface area contributed by atoms with Crippen LogP contribution in [0.5, 0.6) is 0 Å². The third-order valence-corrected chi connectivity index (χ3v) is 4.57. The smallest absolute Gasteiger partial charge is 0.281 e. The lowest BCUT2D eigenvalue weighted by Gasteiger charge is -2.14. The van der Waals surface area contributed by atoms with Crippen LogP contribution in [0.25, 0.3) is 6.08 Å². The van der Waals surface area contributed by atoms with Gasteiger partial charge in [0.2, 0.25) is 0 Å². The van der Waals surface area contributed by atoms with E-state index in [2.05, 4.69) is 5.32 Å². The fraction of sp³-hybridized carbons (Fsp3) is 0.111. The Balaban J connectivity index is 1.97. The molecule has 0 aliphatic carbocycles. The van der Waals surface area contributed by atoms with Crippen LogP contribution in [0, 0.1) is 10.1 Å². The number of hydrogen-bond donors (Lipinski definition) is 1. The van der Waals surface area contributed by atoms with Crippen molar-refractivity contribution in [3.8, 4) is 0 Å². The van der Waals surface area contributed by atoms with Crippen molar-refractivity contribution in [1.82, 2.24) is 5.32 Å². The number of hydrogen-bond acceptors (Lipinski definition) is 4. The zero-order valence-electron chi connectivity index (χ0n) is 13.7. The fourth-order valence-electron chi connectivity index (χ4n) is 2.60. The summed E-state index contributed by atoms with van der Waals surface area (Å²) in [5.41, 5.74) is 2.21. The van der Waals surface area contributed by atoms with Crippen LogP contribution in [0.2, 0.25) is 5.02 Å². The molecule has 0 radical (unpaired) electrons. The van der Waals surface area contributed by atoms with Crippen LogP contribution < -0.4 is 10.2 Å². The summed E-state index contributed by atoms with van der Waals surface area (Å²) in [4.78, 5) is 24.6. The van der Waals surface area contributed by atoms with Gasteiger partial charge in [0, 0.05) is 22.7 Å².